The van der Waals surface area contributed by atoms with Gasteiger partial charge >= 0.3 is 6.01 Å². The Balaban J connectivity index is 1.80. The highest BCUT2D eigenvalue weighted by Crippen LogP contribution is 2.24. The highest BCUT2D eigenvalue weighted by Gasteiger charge is 2.18. The fourth-order valence-corrected chi connectivity index (χ4v) is 3.82. The molecule has 140 valence electrons. The Hall–Kier alpha value is -3.00. The highest BCUT2D eigenvalue weighted by molar-refractivity contribution is 7.92. The molecule has 0 bridgehead atoms. The van der Waals surface area contributed by atoms with Crippen molar-refractivity contribution in [2.45, 2.75) is 25.7 Å². The second-order valence-corrected chi connectivity index (χ2v) is 7.75. The first kappa shape index (κ1) is 18.8. The first-order chi connectivity index (χ1) is 12.8. The third-order valence-electron chi connectivity index (χ3n) is 4.00. The van der Waals surface area contributed by atoms with Crippen molar-refractivity contribution in [1.29, 1.82) is 0 Å². The van der Waals surface area contributed by atoms with Gasteiger partial charge in [-0.15, -0.1) is 0 Å². The quantitative estimate of drug-likeness (QED) is 0.712. The average molecular weight is 387 g/mol. The fraction of sp³-hybridized carbons (Fsp3) is 0.158. The molecule has 27 heavy (non-hydrogen) atoms. The van der Waals surface area contributed by atoms with Crippen LogP contribution in [0.25, 0.3) is 0 Å². The molecule has 0 saturated heterocycles. The summed E-state index contributed by atoms with van der Waals surface area (Å²) in [5.41, 5.74) is 2.72. The maximum Gasteiger partial charge on any atom is 0.322 e. The van der Waals surface area contributed by atoms with Crippen molar-refractivity contribution in [3.8, 4) is 11.8 Å². The van der Waals surface area contributed by atoms with Crippen LogP contribution in [0.4, 0.5) is 10.1 Å². The number of aryl methyl sites for hydroxylation is 3. The molecule has 0 radical (unpaired) electrons. The Morgan fingerprint density at radius 1 is 0.963 bits per heavy atom. The zero-order chi connectivity index (χ0) is 19.6. The minimum atomic E-state index is -3.79. The third-order valence-corrected chi connectivity index (χ3v) is 5.52. The molecule has 8 heteroatoms. The minimum absolute atomic E-state index is 0.0170. The van der Waals surface area contributed by atoms with E-state index in [2.05, 4.69) is 14.7 Å². The van der Waals surface area contributed by atoms with Gasteiger partial charge in [-0.25, -0.2) is 22.8 Å². The summed E-state index contributed by atoms with van der Waals surface area (Å²) in [6.45, 7) is 5.52. The van der Waals surface area contributed by atoms with Crippen LogP contribution in [0.15, 0.2) is 53.7 Å². The van der Waals surface area contributed by atoms with E-state index in [-0.39, 0.29) is 22.3 Å². The number of aromatic nitrogens is 2. The second kappa shape index (κ2) is 7.32. The largest absolute Gasteiger partial charge is 0.421 e. The number of rotatable bonds is 5. The number of nitrogens with one attached hydrogen (secondary N) is 1. The van der Waals surface area contributed by atoms with Crippen LogP contribution >= 0.6 is 0 Å². The molecule has 1 heterocycles. The summed E-state index contributed by atoms with van der Waals surface area (Å²) in [5.74, 6) is -0.562. The van der Waals surface area contributed by atoms with Gasteiger partial charge in [0.05, 0.1) is 23.0 Å². The van der Waals surface area contributed by atoms with Crippen LogP contribution in [-0.4, -0.2) is 18.4 Å². The summed E-state index contributed by atoms with van der Waals surface area (Å²) < 4.78 is 46.6. The van der Waals surface area contributed by atoms with E-state index in [9.17, 15) is 12.8 Å². The number of halogens is 1. The standard InChI is InChI=1S/C19H18FN3O3S/c1-12-8-14(3)18(9-13(12)2)27(24,25)23-15-10-21-19(22-11-15)26-17-7-5-4-6-16(17)20/h4-11,23H,1-3H3. The van der Waals surface area contributed by atoms with Crippen molar-refractivity contribution in [2.24, 2.45) is 0 Å². The van der Waals surface area contributed by atoms with Crippen LogP contribution in [0.5, 0.6) is 11.8 Å². The molecule has 0 atom stereocenters. The van der Waals surface area contributed by atoms with Crippen LogP contribution in [0, 0.1) is 26.6 Å². The molecule has 2 aromatic carbocycles. The van der Waals surface area contributed by atoms with Gasteiger partial charge in [-0.2, -0.15) is 0 Å². The molecule has 0 unspecified atom stereocenters. The van der Waals surface area contributed by atoms with E-state index < -0.39 is 15.8 Å². The van der Waals surface area contributed by atoms with E-state index in [1.165, 1.54) is 30.6 Å². The number of nitrogens with zero attached hydrogens (tertiary/aromatic N) is 2. The molecule has 0 aliphatic rings. The molecule has 0 amide bonds. The lowest BCUT2D eigenvalue weighted by Crippen LogP contribution is -2.15. The number of sulfonamides is 1. The average Bonchev–Trinajstić information content (AvgIpc) is 2.61. The van der Waals surface area contributed by atoms with Gasteiger partial charge in [0.15, 0.2) is 11.6 Å². The topological polar surface area (TPSA) is 81.2 Å². The van der Waals surface area contributed by atoms with Crippen molar-refractivity contribution in [2.75, 3.05) is 4.72 Å². The number of ether oxygens (including phenoxy) is 1. The Labute approximate surface area is 157 Å². The van der Waals surface area contributed by atoms with Crippen LogP contribution in [0.1, 0.15) is 16.7 Å². The number of anilines is 1. The predicted octanol–water partition coefficient (Wildman–Crippen LogP) is 4.13. The zero-order valence-corrected chi connectivity index (χ0v) is 15.8. The number of hydrogen-bond donors (Lipinski definition) is 1. The molecule has 6 nitrogen and oxygen atoms in total. The first-order valence-corrected chi connectivity index (χ1v) is 9.59. The van der Waals surface area contributed by atoms with Crippen LogP contribution in [0.3, 0.4) is 0 Å². The molecule has 0 aliphatic carbocycles. The SMILES string of the molecule is Cc1cc(C)c(S(=O)(=O)Nc2cnc(Oc3ccccc3F)nc2)cc1C. The summed E-state index contributed by atoms with van der Waals surface area (Å²) in [6.07, 6.45) is 2.52. The lowest BCUT2D eigenvalue weighted by Gasteiger charge is -2.12. The van der Waals surface area contributed by atoms with Gasteiger partial charge in [0.25, 0.3) is 10.0 Å². The van der Waals surface area contributed by atoms with Gasteiger partial charge in [-0.05, 0) is 55.7 Å². The third kappa shape index (κ3) is 4.22. The summed E-state index contributed by atoms with van der Waals surface area (Å²) in [7, 11) is -3.79. The van der Waals surface area contributed by atoms with E-state index >= 15 is 0 Å². The Morgan fingerprint density at radius 2 is 1.59 bits per heavy atom. The van der Waals surface area contributed by atoms with Crippen LogP contribution < -0.4 is 9.46 Å². The number of hydrogen-bond acceptors (Lipinski definition) is 5. The van der Waals surface area contributed by atoms with Crippen molar-refractivity contribution in [3.05, 3.63) is 71.3 Å². The van der Waals surface area contributed by atoms with Gasteiger partial charge in [0.2, 0.25) is 0 Å². The molecular weight excluding hydrogens is 369 g/mol. The lowest BCUT2D eigenvalue weighted by atomic mass is 10.1. The van der Waals surface area contributed by atoms with E-state index in [0.717, 1.165) is 11.1 Å². The molecule has 3 aromatic rings. The predicted molar refractivity (Wildman–Crippen MR) is 100.0 cm³/mol. The van der Waals surface area contributed by atoms with E-state index in [1.54, 1.807) is 19.1 Å². The minimum Gasteiger partial charge on any atom is -0.421 e. The van der Waals surface area contributed by atoms with Crippen molar-refractivity contribution in [3.63, 3.8) is 0 Å². The zero-order valence-electron chi connectivity index (χ0n) is 15.0. The summed E-state index contributed by atoms with van der Waals surface area (Å²) in [5, 5.41) is 0. The maximum absolute atomic E-state index is 13.6. The molecule has 0 aliphatic heterocycles. The van der Waals surface area contributed by atoms with Crippen LogP contribution in [0.2, 0.25) is 0 Å². The maximum atomic E-state index is 13.6. The molecule has 0 spiro atoms. The second-order valence-electron chi connectivity index (χ2n) is 6.09. The molecule has 1 aromatic heterocycles. The Morgan fingerprint density at radius 3 is 2.26 bits per heavy atom. The fourth-order valence-electron chi connectivity index (χ4n) is 2.48. The smallest absolute Gasteiger partial charge is 0.322 e. The Bertz CT molecular complexity index is 1080. The highest BCUT2D eigenvalue weighted by atomic mass is 32.2. The van der Waals surface area contributed by atoms with Crippen molar-refractivity contribution in [1.82, 2.24) is 9.97 Å². The van der Waals surface area contributed by atoms with Gasteiger partial charge in [0.1, 0.15) is 0 Å². The summed E-state index contributed by atoms with van der Waals surface area (Å²) in [6, 6.07) is 9.21. The molecule has 0 saturated carbocycles. The van der Waals surface area contributed by atoms with Gasteiger partial charge < -0.3 is 4.74 Å². The van der Waals surface area contributed by atoms with Gasteiger partial charge in [-0.3, -0.25) is 4.72 Å². The molecule has 0 fully saturated rings. The number of para-hydroxylation sites is 1. The Kier molecular flexibility index (Phi) is 5.09. The van der Waals surface area contributed by atoms with E-state index in [4.69, 9.17) is 4.74 Å². The van der Waals surface area contributed by atoms with E-state index in [1.807, 2.05) is 19.9 Å². The lowest BCUT2D eigenvalue weighted by molar-refractivity contribution is 0.411. The summed E-state index contributed by atoms with van der Waals surface area (Å²) in [4.78, 5) is 8.03. The van der Waals surface area contributed by atoms with Gasteiger partial charge in [0, 0.05) is 0 Å². The van der Waals surface area contributed by atoms with Crippen LogP contribution in [-0.2, 0) is 10.0 Å². The van der Waals surface area contributed by atoms with E-state index in [0.29, 0.717) is 5.56 Å². The van der Waals surface area contributed by atoms with Crippen molar-refractivity contribution >= 4 is 15.7 Å². The number of benzene rings is 2. The monoisotopic (exact) mass is 387 g/mol. The first-order valence-electron chi connectivity index (χ1n) is 8.11. The normalized spacial score (nSPS) is 11.3. The molecule has 3 rings (SSSR count). The molecular formula is C19H18FN3O3S. The summed E-state index contributed by atoms with van der Waals surface area (Å²) >= 11 is 0. The molecule has 1 N–H and O–H groups in total. The van der Waals surface area contributed by atoms with Crippen molar-refractivity contribution < 1.29 is 17.5 Å². The van der Waals surface area contributed by atoms with Gasteiger partial charge in [-0.1, -0.05) is 18.2 Å².